The summed E-state index contributed by atoms with van der Waals surface area (Å²) in [6.45, 7) is 10.1. The molecule has 0 fully saturated rings. The standard InChI is InChI=1S/C29H34N4O3S2/c1-20-10-14-24(15-11-20)33-27(30-31-28(33)37-19-22-8-7-9-25(18-22)36-6)21(2)32-38(34,35)26-16-12-23(13-17-26)29(3,4)5/h7-18,21,32H,19H2,1-6H3. The largest absolute Gasteiger partial charge is 0.497 e. The number of sulfonamides is 1. The molecule has 1 unspecified atom stereocenters. The molecule has 1 heterocycles. The van der Waals surface area contributed by atoms with E-state index in [-0.39, 0.29) is 10.3 Å². The van der Waals surface area contributed by atoms with Crippen molar-refractivity contribution in [1.29, 1.82) is 0 Å². The molecule has 0 radical (unpaired) electrons. The van der Waals surface area contributed by atoms with Crippen LogP contribution in [0.25, 0.3) is 5.69 Å². The summed E-state index contributed by atoms with van der Waals surface area (Å²) >= 11 is 1.53. The van der Waals surface area contributed by atoms with Gasteiger partial charge >= 0.3 is 0 Å². The Kier molecular flexibility index (Phi) is 8.30. The minimum atomic E-state index is -3.78. The van der Waals surface area contributed by atoms with Crippen molar-refractivity contribution in [1.82, 2.24) is 19.5 Å². The Balaban J connectivity index is 1.63. The molecule has 0 aliphatic rings. The van der Waals surface area contributed by atoms with Gasteiger partial charge in [0.05, 0.1) is 18.0 Å². The Labute approximate surface area is 229 Å². The number of aromatic nitrogens is 3. The van der Waals surface area contributed by atoms with E-state index >= 15 is 0 Å². The number of hydrogen-bond donors (Lipinski definition) is 1. The van der Waals surface area contributed by atoms with Gasteiger partial charge in [-0.3, -0.25) is 4.57 Å². The van der Waals surface area contributed by atoms with E-state index in [1.807, 2.05) is 72.2 Å². The Morgan fingerprint density at radius 2 is 1.68 bits per heavy atom. The fourth-order valence-electron chi connectivity index (χ4n) is 3.99. The van der Waals surface area contributed by atoms with Crippen LogP contribution in [0.1, 0.15) is 56.3 Å². The molecule has 1 N–H and O–H groups in total. The molecule has 38 heavy (non-hydrogen) atoms. The Hall–Kier alpha value is -3.14. The van der Waals surface area contributed by atoms with Gasteiger partial charge in [0.25, 0.3) is 0 Å². The number of methoxy groups -OCH3 is 1. The normalized spacial score (nSPS) is 12.9. The Morgan fingerprint density at radius 1 is 1.00 bits per heavy atom. The lowest BCUT2D eigenvalue weighted by Gasteiger charge is -2.20. The van der Waals surface area contributed by atoms with E-state index in [2.05, 4.69) is 35.7 Å². The van der Waals surface area contributed by atoms with Gasteiger partial charge in [0, 0.05) is 11.4 Å². The van der Waals surface area contributed by atoms with Gasteiger partial charge in [-0.15, -0.1) is 10.2 Å². The summed E-state index contributed by atoms with van der Waals surface area (Å²) in [6.07, 6.45) is 0. The van der Waals surface area contributed by atoms with E-state index in [0.29, 0.717) is 16.7 Å². The molecular weight excluding hydrogens is 516 g/mol. The Morgan fingerprint density at radius 3 is 2.32 bits per heavy atom. The fourth-order valence-corrected chi connectivity index (χ4v) is 6.09. The van der Waals surface area contributed by atoms with Crippen LogP contribution in [0.15, 0.2) is 82.8 Å². The second kappa shape index (κ2) is 11.3. The van der Waals surface area contributed by atoms with Gasteiger partial charge in [-0.2, -0.15) is 0 Å². The molecule has 0 saturated carbocycles. The van der Waals surface area contributed by atoms with Crippen LogP contribution >= 0.6 is 11.8 Å². The highest BCUT2D eigenvalue weighted by Crippen LogP contribution is 2.30. The van der Waals surface area contributed by atoms with Crippen LogP contribution in [0.4, 0.5) is 0 Å². The topological polar surface area (TPSA) is 86.1 Å². The average molecular weight is 551 g/mol. The highest BCUT2D eigenvalue weighted by atomic mass is 32.2. The van der Waals surface area contributed by atoms with Crippen molar-refractivity contribution in [3.8, 4) is 11.4 Å². The molecule has 3 aromatic carbocycles. The van der Waals surface area contributed by atoms with Crippen molar-refractivity contribution in [3.63, 3.8) is 0 Å². The highest BCUT2D eigenvalue weighted by molar-refractivity contribution is 7.98. The van der Waals surface area contributed by atoms with E-state index in [9.17, 15) is 8.42 Å². The zero-order valence-electron chi connectivity index (χ0n) is 22.6. The molecule has 0 amide bonds. The zero-order chi connectivity index (χ0) is 27.5. The number of nitrogens with one attached hydrogen (secondary N) is 1. The van der Waals surface area contributed by atoms with Crippen LogP contribution in [0.2, 0.25) is 0 Å². The van der Waals surface area contributed by atoms with Crippen LogP contribution < -0.4 is 9.46 Å². The van der Waals surface area contributed by atoms with Crippen molar-refractivity contribution in [2.45, 2.75) is 61.9 Å². The maximum Gasteiger partial charge on any atom is 0.241 e. The predicted octanol–water partition coefficient (Wildman–Crippen LogP) is 6.21. The van der Waals surface area contributed by atoms with Gasteiger partial charge in [0.1, 0.15) is 5.75 Å². The first-order chi connectivity index (χ1) is 18.0. The molecule has 0 aliphatic heterocycles. The van der Waals surface area contributed by atoms with Crippen molar-refractivity contribution in [2.24, 2.45) is 0 Å². The van der Waals surface area contributed by atoms with E-state index in [0.717, 1.165) is 28.1 Å². The molecule has 4 rings (SSSR count). The van der Waals surface area contributed by atoms with Crippen molar-refractivity contribution >= 4 is 21.8 Å². The van der Waals surface area contributed by atoms with Crippen LogP contribution in [-0.2, 0) is 21.2 Å². The number of rotatable bonds is 9. The molecule has 9 heteroatoms. The predicted molar refractivity (Wildman–Crippen MR) is 153 cm³/mol. The summed E-state index contributed by atoms with van der Waals surface area (Å²) in [5.74, 6) is 1.96. The number of benzene rings is 3. The minimum absolute atomic E-state index is 0.0631. The van der Waals surface area contributed by atoms with Crippen molar-refractivity contribution < 1.29 is 13.2 Å². The van der Waals surface area contributed by atoms with Gasteiger partial charge in [-0.25, -0.2) is 13.1 Å². The SMILES string of the molecule is COc1cccc(CSc2nnc(C(C)NS(=O)(=O)c3ccc(C(C)(C)C)cc3)n2-c2ccc(C)cc2)c1. The van der Waals surface area contributed by atoms with Crippen molar-refractivity contribution in [2.75, 3.05) is 7.11 Å². The average Bonchev–Trinajstić information content (AvgIpc) is 3.31. The number of aryl methyl sites for hydroxylation is 1. The smallest absolute Gasteiger partial charge is 0.241 e. The summed E-state index contributed by atoms with van der Waals surface area (Å²) in [4.78, 5) is 0.214. The maximum atomic E-state index is 13.3. The lowest BCUT2D eigenvalue weighted by Crippen LogP contribution is -2.29. The molecule has 7 nitrogen and oxygen atoms in total. The summed E-state index contributed by atoms with van der Waals surface area (Å²) < 4.78 is 36.6. The molecule has 200 valence electrons. The summed E-state index contributed by atoms with van der Waals surface area (Å²) in [6, 6.07) is 22.3. The lowest BCUT2D eigenvalue weighted by molar-refractivity contribution is 0.414. The van der Waals surface area contributed by atoms with E-state index < -0.39 is 16.1 Å². The molecule has 1 atom stereocenters. The molecule has 4 aromatic rings. The first-order valence-corrected chi connectivity index (χ1v) is 14.9. The number of nitrogens with zero attached hydrogens (tertiary/aromatic N) is 3. The molecule has 1 aromatic heterocycles. The lowest BCUT2D eigenvalue weighted by atomic mass is 9.87. The fraction of sp³-hybridized carbons (Fsp3) is 0.310. The third-order valence-corrected chi connectivity index (χ3v) is 8.76. The number of hydrogen-bond acceptors (Lipinski definition) is 6. The van der Waals surface area contributed by atoms with Gasteiger partial charge < -0.3 is 4.74 Å². The second-order valence-electron chi connectivity index (χ2n) is 10.3. The first kappa shape index (κ1) is 27.9. The minimum Gasteiger partial charge on any atom is -0.497 e. The third-order valence-electron chi connectivity index (χ3n) is 6.20. The molecule has 0 spiro atoms. The summed E-state index contributed by atoms with van der Waals surface area (Å²) in [5.41, 5.74) is 4.08. The first-order valence-electron chi connectivity index (χ1n) is 12.4. The van der Waals surface area contributed by atoms with E-state index in [4.69, 9.17) is 4.74 Å². The number of ether oxygens (including phenoxy) is 1. The van der Waals surface area contributed by atoms with E-state index in [1.165, 1.54) is 11.8 Å². The molecule has 0 aliphatic carbocycles. The Bertz CT molecular complexity index is 1490. The summed E-state index contributed by atoms with van der Waals surface area (Å²) in [7, 11) is -2.13. The summed E-state index contributed by atoms with van der Waals surface area (Å²) in [5, 5.41) is 9.54. The second-order valence-corrected chi connectivity index (χ2v) is 12.9. The van der Waals surface area contributed by atoms with Crippen LogP contribution in [0.5, 0.6) is 5.75 Å². The zero-order valence-corrected chi connectivity index (χ0v) is 24.2. The van der Waals surface area contributed by atoms with Gasteiger partial charge in [0.15, 0.2) is 11.0 Å². The van der Waals surface area contributed by atoms with Gasteiger partial charge in [-0.1, -0.05) is 74.5 Å². The highest BCUT2D eigenvalue weighted by Gasteiger charge is 2.25. The van der Waals surface area contributed by atoms with Gasteiger partial charge in [0.2, 0.25) is 10.0 Å². The van der Waals surface area contributed by atoms with Crippen molar-refractivity contribution in [3.05, 3.63) is 95.3 Å². The molecule has 0 saturated heterocycles. The van der Waals surface area contributed by atoms with E-state index in [1.54, 1.807) is 26.2 Å². The van der Waals surface area contributed by atoms with Crippen LogP contribution in [-0.4, -0.2) is 30.3 Å². The quantitative estimate of drug-likeness (QED) is 0.249. The molecule has 0 bridgehead atoms. The monoisotopic (exact) mass is 550 g/mol. The van der Waals surface area contributed by atoms with Crippen LogP contribution in [0, 0.1) is 6.92 Å². The third kappa shape index (κ3) is 6.46. The van der Waals surface area contributed by atoms with Gasteiger partial charge in [-0.05, 0) is 66.8 Å². The number of thioether (sulfide) groups is 1. The van der Waals surface area contributed by atoms with Crippen LogP contribution in [0.3, 0.4) is 0 Å². The molecular formula is C29H34N4O3S2. The maximum absolute atomic E-state index is 13.3.